The molecule has 1 aliphatic heterocycles. The molecule has 0 spiro atoms. The fourth-order valence-corrected chi connectivity index (χ4v) is 3.65. The van der Waals surface area contributed by atoms with E-state index in [1.165, 1.54) is 6.33 Å². The summed E-state index contributed by atoms with van der Waals surface area (Å²) < 4.78 is 14.3. The summed E-state index contributed by atoms with van der Waals surface area (Å²) >= 11 is 2.19. The van der Waals surface area contributed by atoms with Crippen LogP contribution in [0.15, 0.2) is 61.2 Å². The van der Waals surface area contributed by atoms with E-state index in [2.05, 4.69) is 32.7 Å². The Kier molecular flexibility index (Phi) is 5.87. The van der Waals surface area contributed by atoms with E-state index in [0.717, 1.165) is 20.6 Å². The molecule has 3 aromatic rings. The van der Waals surface area contributed by atoms with Gasteiger partial charge in [-0.25, -0.2) is 9.67 Å². The zero-order valence-electron chi connectivity index (χ0n) is 15.1. The summed E-state index contributed by atoms with van der Waals surface area (Å²) in [7, 11) is 0. The van der Waals surface area contributed by atoms with Crippen molar-refractivity contribution in [3.05, 3.63) is 70.3 Å². The molecule has 1 aromatic heterocycles. The second-order valence-corrected chi connectivity index (χ2v) is 7.53. The molecule has 7 nitrogen and oxygen atoms in total. The first kappa shape index (κ1) is 18.9. The molecule has 0 saturated carbocycles. The van der Waals surface area contributed by atoms with E-state index in [-0.39, 0.29) is 12.0 Å². The van der Waals surface area contributed by atoms with Gasteiger partial charge in [0.15, 0.2) is 0 Å². The van der Waals surface area contributed by atoms with Crippen molar-refractivity contribution in [1.29, 1.82) is 0 Å². The molecule has 0 radical (unpaired) electrons. The van der Waals surface area contributed by atoms with Crippen LogP contribution in [-0.4, -0.2) is 58.0 Å². The fourth-order valence-electron chi connectivity index (χ4n) is 3.04. The highest BCUT2D eigenvalue weighted by molar-refractivity contribution is 14.1. The van der Waals surface area contributed by atoms with Crippen molar-refractivity contribution in [3.8, 4) is 11.4 Å². The summed E-state index contributed by atoms with van der Waals surface area (Å²) in [5, 5.41) is 4.10. The molecule has 144 valence electrons. The maximum absolute atomic E-state index is 12.8. The zero-order chi connectivity index (χ0) is 19.3. The molecular weight excluding hydrogens is 471 g/mol. The molecule has 28 heavy (non-hydrogen) atoms. The second-order valence-electron chi connectivity index (χ2n) is 6.37. The number of halogens is 1. The number of rotatable bonds is 5. The standard InChI is InChI=1S/C20H19IN4O3/c21-19-4-2-1-3-18(19)20(26)24-9-10-27-17(11-24)12-28-16-7-5-15(6-8-16)25-14-22-13-23-25/h1-8,13-14,17H,9-12H2. The Hall–Kier alpha value is -2.46. The Morgan fingerprint density at radius 3 is 2.79 bits per heavy atom. The summed E-state index contributed by atoms with van der Waals surface area (Å²) in [5.41, 5.74) is 1.64. The van der Waals surface area contributed by atoms with Gasteiger partial charge in [0.1, 0.15) is 31.1 Å². The van der Waals surface area contributed by atoms with Crippen LogP contribution in [0.1, 0.15) is 10.4 Å². The number of aromatic nitrogens is 3. The molecule has 2 heterocycles. The number of carbonyl (C=O) groups excluding carboxylic acids is 1. The minimum Gasteiger partial charge on any atom is -0.491 e. The predicted octanol–water partition coefficient (Wildman–Crippen LogP) is 2.79. The van der Waals surface area contributed by atoms with Crippen molar-refractivity contribution >= 4 is 28.5 Å². The lowest BCUT2D eigenvalue weighted by Crippen LogP contribution is -2.47. The van der Waals surface area contributed by atoms with Gasteiger partial charge < -0.3 is 14.4 Å². The SMILES string of the molecule is O=C(c1ccccc1I)N1CCOC(COc2ccc(-n3cncn3)cc2)C1. The molecule has 2 aromatic carbocycles. The quantitative estimate of drug-likeness (QED) is 0.515. The lowest BCUT2D eigenvalue weighted by atomic mass is 10.1. The van der Waals surface area contributed by atoms with Gasteiger partial charge in [0, 0.05) is 10.1 Å². The lowest BCUT2D eigenvalue weighted by Gasteiger charge is -2.33. The van der Waals surface area contributed by atoms with Gasteiger partial charge in [-0.3, -0.25) is 4.79 Å². The van der Waals surface area contributed by atoms with Crippen LogP contribution in [-0.2, 0) is 4.74 Å². The van der Waals surface area contributed by atoms with Crippen LogP contribution in [0, 0.1) is 3.57 Å². The van der Waals surface area contributed by atoms with Crippen LogP contribution < -0.4 is 4.74 Å². The van der Waals surface area contributed by atoms with Crippen LogP contribution >= 0.6 is 22.6 Å². The van der Waals surface area contributed by atoms with Crippen LogP contribution in [0.3, 0.4) is 0 Å². The third-order valence-corrected chi connectivity index (χ3v) is 5.43. The van der Waals surface area contributed by atoms with Gasteiger partial charge in [-0.05, 0) is 59.0 Å². The molecule has 0 N–H and O–H groups in total. The molecule has 1 fully saturated rings. The Morgan fingerprint density at radius 1 is 1.21 bits per heavy atom. The van der Waals surface area contributed by atoms with E-state index >= 15 is 0 Å². The minimum atomic E-state index is -0.158. The van der Waals surface area contributed by atoms with E-state index in [9.17, 15) is 4.79 Å². The van der Waals surface area contributed by atoms with E-state index in [0.29, 0.717) is 26.3 Å². The number of nitrogens with zero attached hydrogens (tertiary/aromatic N) is 4. The average molecular weight is 490 g/mol. The largest absolute Gasteiger partial charge is 0.491 e. The minimum absolute atomic E-state index is 0.0375. The summed E-state index contributed by atoms with van der Waals surface area (Å²) in [5.74, 6) is 0.781. The number of carbonyl (C=O) groups is 1. The molecule has 0 bridgehead atoms. The zero-order valence-corrected chi connectivity index (χ0v) is 17.2. The van der Waals surface area contributed by atoms with Crippen molar-refractivity contribution in [1.82, 2.24) is 19.7 Å². The van der Waals surface area contributed by atoms with Crippen LogP contribution in [0.25, 0.3) is 5.69 Å². The van der Waals surface area contributed by atoms with E-state index in [1.807, 2.05) is 53.4 Å². The molecule has 1 unspecified atom stereocenters. The highest BCUT2D eigenvalue weighted by Gasteiger charge is 2.26. The fraction of sp³-hybridized carbons (Fsp3) is 0.250. The van der Waals surface area contributed by atoms with Crippen molar-refractivity contribution in [3.63, 3.8) is 0 Å². The number of morpholine rings is 1. The third kappa shape index (κ3) is 4.33. The van der Waals surface area contributed by atoms with Crippen LogP contribution in [0.4, 0.5) is 0 Å². The molecule has 1 aliphatic rings. The molecule has 1 amide bonds. The van der Waals surface area contributed by atoms with Gasteiger partial charge in [-0.15, -0.1) is 0 Å². The van der Waals surface area contributed by atoms with E-state index in [1.54, 1.807) is 11.0 Å². The number of hydrogen-bond acceptors (Lipinski definition) is 5. The number of hydrogen-bond donors (Lipinski definition) is 0. The van der Waals surface area contributed by atoms with Gasteiger partial charge >= 0.3 is 0 Å². The first-order chi connectivity index (χ1) is 13.7. The number of benzene rings is 2. The molecule has 1 saturated heterocycles. The smallest absolute Gasteiger partial charge is 0.255 e. The molecular formula is C20H19IN4O3. The first-order valence-electron chi connectivity index (χ1n) is 8.94. The van der Waals surface area contributed by atoms with Crippen molar-refractivity contribution in [2.45, 2.75) is 6.10 Å². The lowest BCUT2D eigenvalue weighted by molar-refractivity contribution is -0.0401. The van der Waals surface area contributed by atoms with Gasteiger partial charge in [-0.1, -0.05) is 12.1 Å². The Balaban J connectivity index is 1.34. The van der Waals surface area contributed by atoms with Crippen molar-refractivity contribution < 1.29 is 14.3 Å². The highest BCUT2D eigenvalue weighted by atomic mass is 127. The first-order valence-corrected chi connectivity index (χ1v) is 10.0. The number of amides is 1. The van der Waals surface area contributed by atoms with Gasteiger partial charge in [-0.2, -0.15) is 5.10 Å². The molecule has 4 rings (SSSR count). The topological polar surface area (TPSA) is 69.5 Å². The van der Waals surface area contributed by atoms with Crippen molar-refractivity contribution in [2.24, 2.45) is 0 Å². The van der Waals surface area contributed by atoms with E-state index in [4.69, 9.17) is 9.47 Å². The van der Waals surface area contributed by atoms with Gasteiger partial charge in [0.25, 0.3) is 5.91 Å². The summed E-state index contributed by atoms with van der Waals surface area (Å²) in [6.07, 6.45) is 2.98. The molecule has 8 heteroatoms. The maximum Gasteiger partial charge on any atom is 0.255 e. The monoisotopic (exact) mass is 490 g/mol. The molecule has 1 atom stereocenters. The summed E-state index contributed by atoms with van der Waals surface area (Å²) in [6.45, 7) is 2.00. The van der Waals surface area contributed by atoms with Crippen LogP contribution in [0.2, 0.25) is 0 Å². The predicted molar refractivity (Wildman–Crippen MR) is 112 cm³/mol. The maximum atomic E-state index is 12.8. The van der Waals surface area contributed by atoms with Crippen molar-refractivity contribution in [2.75, 3.05) is 26.3 Å². The van der Waals surface area contributed by atoms with E-state index < -0.39 is 0 Å². The van der Waals surface area contributed by atoms with Gasteiger partial charge in [0.2, 0.25) is 0 Å². The molecule has 0 aliphatic carbocycles. The Morgan fingerprint density at radius 2 is 2.04 bits per heavy atom. The normalized spacial score (nSPS) is 16.8. The summed E-state index contributed by atoms with van der Waals surface area (Å²) in [6, 6.07) is 15.2. The second kappa shape index (κ2) is 8.70. The summed E-state index contributed by atoms with van der Waals surface area (Å²) in [4.78, 5) is 18.6. The average Bonchev–Trinajstić information content (AvgIpc) is 3.28. The number of ether oxygens (including phenoxy) is 2. The third-order valence-electron chi connectivity index (χ3n) is 4.49. The highest BCUT2D eigenvalue weighted by Crippen LogP contribution is 2.18. The van der Waals surface area contributed by atoms with Gasteiger partial charge in [0.05, 0.1) is 24.4 Å². The Labute approximate surface area is 176 Å². The Bertz CT molecular complexity index is 931. The van der Waals surface area contributed by atoms with Crippen LogP contribution in [0.5, 0.6) is 5.75 Å².